The second-order valence-corrected chi connectivity index (χ2v) is 3.94. The van der Waals surface area contributed by atoms with Crippen LogP contribution in [0.4, 0.5) is 4.39 Å². The van der Waals surface area contributed by atoms with E-state index < -0.39 is 0 Å². The minimum absolute atomic E-state index is 0.241. The van der Waals surface area contributed by atoms with Gasteiger partial charge in [-0.1, -0.05) is 11.6 Å². The third kappa shape index (κ3) is 2.20. The SMILES string of the molecule is Fc1cc(Cl)cc(CC2CNC2)c1. The second-order valence-electron chi connectivity index (χ2n) is 3.51. The quantitative estimate of drug-likeness (QED) is 0.771. The van der Waals surface area contributed by atoms with Gasteiger partial charge >= 0.3 is 0 Å². The summed E-state index contributed by atoms with van der Waals surface area (Å²) in [7, 11) is 0. The van der Waals surface area contributed by atoms with Gasteiger partial charge in [-0.15, -0.1) is 0 Å². The smallest absolute Gasteiger partial charge is 0.124 e. The molecular weight excluding hydrogens is 189 g/mol. The van der Waals surface area contributed by atoms with Crippen LogP contribution in [0.5, 0.6) is 0 Å². The maximum absolute atomic E-state index is 12.9. The molecule has 1 saturated heterocycles. The van der Waals surface area contributed by atoms with E-state index in [2.05, 4.69) is 5.32 Å². The summed E-state index contributed by atoms with van der Waals surface area (Å²) < 4.78 is 12.9. The van der Waals surface area contributed by atoms with Crippen LogP contribution in [0.2, 0.25) is 5.02 Å². The van der Waals surface area contributed by atoms with Gasteiger partial charge in [0.25, 0.3) is 0 Å². The molecule has 0 amide bonds. The van der Waals surface area contributed by atoms with Crippen LogP contribution in [0.3, 0.4) is 0 Å². The van der Waals surface area contributed by atoms with Crippen LogP contribution in [-0.4, -0.2) is 13.1 Å². The van der Waals surface area contributed by atoms with Gasteiger partial charge < -0.3 is 5.32 Å². The Labute approximate surface area is 81.9 Å². The van der Waals surface area contributed by atoms with Crippen molar-refractivity contribution in [3.05, 3.63) is 34.6 Å². The summed E-state index contributed by atoms with van der Waals surface area (Å²) in [6, 6.07) is 4.73. The Morgan fingerprint density at radius 1 is 1.38 bits per heavy atom. The summed E-state index contributed by atoms with van der Waals surface area (Å²) in [5, 5.41) is 3.67. The van der Waals surface area contributed by atoms with Crippen molar-refractivity contribution >= 4 is 11.6 Å². The van der Waals surface area contributed by atoms with E-state index in [1.807, 2.05) is 6.07 Å². The molecule has 0 saturated carbocycles. The van der Waals surface area contributed by atoms with Crippen molar-refractivity contribution in [2.45, 2.75) is 6.42 Å². The third-order valence-corrected chi connectivity index (χ3v) is 2.53. The first-order valence-electron chi connectivity index (χ1n) is 4.40. The number of rotatable bonds is 2. The van der Waals surface area contributed by atoms with E-state index in [0.29, 0.717) is 10.9 Å². The first-order chi connectivity index (χ1) is 6.24. The molecule has 70 valence electrons. The van der Waals surface area contributed by atoms with Crippen LogP contribution in [0.25, 0.3) is 0 Å². The van der Waals surface area contributed by atoms with Crippen LogP contribution in [0.1, 0.15) is 5.56 Å². The lowest BCUT2D eigenvalue weighted by molar-refractivity contribution is 0.346. The van der Waals surface area contributed by atoms with E-state index in [0.717, 1.165) is 25.1 Å². The molecule has 1 aromatic carbocycles. The first-order valence-corrected chi connectivity index (χ1v) is 4.77. The number of hydrogen-bond donors (Lipinski definition) is 1. The van der Waals surface area contributed by atoms with Crippen LogP contribution in [0, 0.1) is 11.7 Å². The van der Waals surface area contributed by atoms with Gasteiger partial charge in [0, 0.05) is 5.02 Å². The predicted octanol–water partition coefficient (Wildman–Crippen LogP) is 2.24. The summed E-state index contributed by atoms with van der Waals surface area (Å²) in [4.78, 5) is 0. The highest BCUT2D eigenvalue weighted by Gasteiger charge is 2.17. The van der Waals surface area contributed by atoms with Gasteiger partial charge in [-0.3, -0.25) is 0 Å². The molecular formula is C10H11ClFN. The van der Waals surface area contributed by atoms with Gasteiger partial charge in [-0.25, -0.2) is 4.39 Å². The molecule has 0 atom stereocenters. The van der Waals surface area contributed by atoms with Crippen LogP contribution < -0.4 is 5.32 Å². The van der Waals surface area contributed by atoms with Crippen molar-refractivity contribution < 1.29 is 4.39 Å². The Bertz CT molecular complexity index is 290. The first kappa shape index (κ1) is 8.97. The van der Waals surface area contributed by atoms with Crippen LogP contribution in [0.15, 0.2) is 18.2 Å². The summed E-state index contributed by atoms with van der Waals surface area (Å²) in [6.07, 6.45) is 0.921. The van der Waals surface area contributed by atoms with E-state index in [1.54, 1.807) is 6.07 Å². The van der Waals surface area contributed by atoms with Crippen molar-refractivity contribution in [3.8, 4) is 0 Å². The number of nitrogens with one attached hydrogen (secondary N) is 1. The molecule has 3 heteroatoms. The summed E-state index contributed by atoms with van der Waals surface area (Å²) in [6.45, 7) is 2.07. The lowest BCUT2D eigenvalue weighted by atomic mass is 9.94. The van der Waals surface area contributed by atoms with Crippen molar-refractivity contribution in [3.63, 3.8) is 0 Å². The lowest BCUT2D eigenvalue weighted by Crippen LogP contribution is -2.43. The topological polar surface area (TPSA) is 12.0 Å². The molecule has 1 aliphatic heterocycles. The van der Waals surface area contributed by atoms with E-state index in [1.165, 1.54) is 6.07 Å². The summed E-state index contributed by atoms with van der Waals surface area (Å²) >= 11 is 5.74. The molecule has 0 aliphatic carbocycles. The van der Waals surface area contributed by atoms with E-state index >= 15 is 0 Å². The van der Waals surface area contributed by atoms with Gasteiger partial charge in [-0.05, 0) is 49.2 Å². The molecule has 0 radical (unpaired) electrons. The Kier molecular flexibility index (Phi) is 2.51. The molecule has 1 fully saturated rings. The largest absolute Gasteiger partial charge is 0.316 e. The molecule has 0 spiro atoms. The zero-order valence-corrected chi connectivity index (χ0v) is 7.94. The Balaban J connectivity index is 2.10. The number of hydrogen-bond acceptors (Lipinski definition) is 1. The molecule has 1 N–H and O–H groups in total. The van der Waals surface area contributed by atoms with Crippen molar-refractivity contribution in [1.29, 1.82) is 0 Å². The Morgan fingerprint density at radius 3 is 2.69 bits per heavy atom. The predicted molar refractivity (Wildman–Crippen MR) is 51.5 cm³/mol. The van der Waals surface area contributed by atoms with Gasteiger partial charge in [0.1, 0.15) is 5.82 Å². The molecule has 1 nitrogen and oxygen atoms in total. The Hall–Kier alpha value is -0.600. The fraction of sp³-hybridized carbons (Fsp3) is 0.400. The Morgan fingerprint density at radius 2 is 2.15 bits per heavy atom. The molecule has 0 aromatic heterocycles. The fourth-order valence-electron chi connectivity index (χ4n) is 1.55. The van der Waals surface area contributed by atoms with Crippen molar-refractivity contribution in [2.24, 2.45) is 5.92 Å². The second kappa shape index (κ2) is 3.64. The normalized spacial score (nSPS) is 17.1. The van der Waals surface area contributed by atoms with Gasteiger partial charge in [0.05, 0.1) is 0 Å². The number of benzene rings is 1. The van der Waals surface area contributed by atoms with E-state index in [4.69, 9.17) is 11.6 Å². The van der Waals surface area contributed by atoms with Crippen molar-refractivity contribution in [2.75, 3.05) is 13.1 Å². The maximum Gasteiger partial charge on any atom is 0.124 e. The van der Waals surface area contributed by atoms with E-state index in [-0.39, 0.29) is 5.82 Å². The minimum Gasteiger partial charge on any atom is -0.316 e. The lowest BCUT2D eigenvalue weighted by Gasteiger charge is -2.27. The molecule has 0 unspecified atom stereocenters. The number of halogens is 2. The zero-order valence-electron chi connectivity index (χ0n) is 7.19. The van der Waals surface area contributed by atoms with Gasteiger partial charge in [-0.2, -0.15) is 0 Å². The zero-order chi connectivity index (χ0) is 9.26. The standard InChI is InChI=1S/C10H11ClFN/c11-9-2-7(3-10(12)4-9)1-8-5-13-6-8/h2-4,8,13H,1,5-6H2. The molecule has 1 aliphatic rings. The average Bonchev–Trinajstić information content (AvgIpc) is 1.95. The molecule has 0 bridgehead atoms. The summed E-state index contributed by atoms with van der Waals surface area (Å²) in [5.74, 6) is 0.410. The van der Waals surface area contributed by atoms with Gasteiger partial charge in [0.15, 0.2) is 0 Å². The molecule has 1 aromatic rings. The average molecular weight is 200 g/mol. The van der Waals surface area contributed by atoms with Crippen LogP contribution in [-0.2, 0) is 6.42 Å². The maximum atomic E-state index is 12.9. The summed E-state index contributed by atoms with van der Waals surface area (Å²) in [5.41, 5.74) is 0.997. The fourth-order valence-corrected chi connectivity index (χ4v) is 1.80. The highest BCUT2D eigenvalue weighted by atomic mass is 35.5. The molecule has 13 heavy (non-hydrogen) atoms. The minimum atomic E-state index is -0.241. The highest BCUT2D eigenvalue weighted by molar-refractivity contribution is 6.30. The highest BCUT2D eigenvalue weighted by Crippen LogP contribution is 2.18. The monoisotopic (exact) mass is 199 g/mol. The van der Waals surface area contributed by atoms with Gasteiger partial charge in [0.2, 0.25) is 0 Å². The third-order valence-electron chi connectivity index (χ3n) is 2.31. The van der Waals surface area contributed by atoms with Crippen LogP contribution >= 0.6 is 11.6 Å². The molecule has 1 heterocycles. The molecule has 2 rings (SSSR count). The van der Waals surface area contributed by atoms with E-state index in [9.17, 15) is 4.39 Å². The van der Waals surface area contributed by atoms with Crippen molar-refractivity contribution in [1.82, 2.24) is 5.32 Å².